The molecule has 4 saturated carbocycles. The topological polar surface area (TPSA) is 372 Å². The maximum absolute atomic E-state index is 15.7. The molecule has 4 saturated heterocycles. The second-order valence-electron chi connectivity index (χ2n) is 25.8. The number of hydrogen-bond donors (Lipinski definition) is 13. The van der Waals surface area contributed by atoms with E-state index in [4.69, 9.17) is 42.6 Å². The third kappa shape index (κ3) is 9.82. The van der Waals surface area contributed by atoms with Crippen LogP contribution in [0.15, 0.2) is 11.6 Å². The molecule has 24 heteroatoms. The van der Waals surface area contributed by atoms with Gasteiger partial charge in [0.2, 0.25) is 12.2 Å². The first kappa shape index (κ1) is 60.5. The Bertz CT molecular complexity index is 2190. The van der Waals surface area contributed by atoms with Crippen LogP contribution in [-0.4, -0.2) is 235 Å². The predicted molar refractivity (Wildman–Crippen MR) is 265 cm³/mol. The zero-order valence-electron chi connectivity index (χ0n) is 45.9. The highest BCUT2D eigenvalue weighted by atomic mass is 16.8. The molecule has 14 unspecified atom stereocenters. The number of aliphatic hydroxyl groups is 12. The number of ether oxygens (including phenoxy) is 9. The van der Waals surface area contributed by atoms with Crippen molar-refractivity contribution in [3.05, 3.63) is 11.6 Å². The van der Waals surface area contributed by atoms with Gasteiger partial charge >= 0.3 is 5.97 Å². The predicted octanol–water partition coefficient (Wildman–Crippen LogP) is -2.26. The van der Waals surface area contributed by atoms with Gasteiger partial charge in [0.25, 0.3) is 0 Å². The number of esters is 1. The van der Waals surface area contributed by atoms with Gasteiger partial charge in [-0.15, -0.1) is 0 Å². The van der Waals surface area contributed by atoms with Gasteiger partial charge in [0.05, 0.1) is 49.8 Å². The SMILES string of the molecule is CO[C@]1(C)[C@@H]2CC[C@@]3(C)C(CC=C4C5CC(C)(C)CC[C@]5(C(=O)O[C@@H]5OC(CO)[C@H](NC(=O)CO[C@@H]6O[C@H](CO)C(O)C6O)C(O)C5O[C@@H]5OC(C)[C@H](O[C@@H]6OC[C@H](O)C(O)C6O)C(O)C5O)C(O)C[C@]43C)C2(C)CC[C@@H]1O. The summed E-state index contributed by atoms with van der Waals surface area (Å²) in [7, 11) is 1.67. The maximum atomic E-state index is 15.7. The van der Waals surface area contributed by atoms with Gasteiger partial charge in [0, 0.05) is 7.11 Å². The normalized spacial score (nSPS) is 52.9. The van der Waals surface area contributed by atoms with Gasteiger partial charge in [-0.3, -0.25) is 9.59 Å². The summed E-state index contributed by atoms with van der Waals surface area (Å²) in [6.07, 6.45) is -22.5. The van der Waals surface area contributed by atoms with Crippen LogP contribution in [0.4, 0.5) is 0 Å². The molecule has 0 aromatic rings. The number of amides is 1. The average Bonchev–Trinajstić information content (AvgIpc) is 3.76. The molecule has 0 aromatic carbocycles. The summed E-state index contributed by atoms with van der Waals surface area (Å²) in [5, 5.41) is 134. The van der Waals surface area contributed by atoms with E-state index in [-0.39, 0.29) is 40.9 Å². The highest BCUT2D eigenvalue weighted by Crippen LogP contribution is 2.75. The molecule has 0 radical (unpaired) electrons. The van der Waals surface area contributed by atoms with Gasteiger partial charge in [0.15, 0.2) is 25.0 Å². The van der Waals surface area contributed by atoms with Crippen LogP contribution in [-0.2, 0) is 52.2 Å². The Morgan fingerprint density at radius 1 is 0.679 bits per heavy atom. The number of nitrogens with one attached hydrogen (secondary N) is 1. The fraction of sp³-hybridized carbons (Fsp3) is 0.926. The van der Waals surface area contributed by atoms with Crippen molar-refractivity contribution in [2.24, 2.45) is 44.8 Å². The van der Waals surface area contributed by atoms with Crippen LogP contribution in [0.25, 0.3) is 0 Å². The molecule has 9 rings (SSSR count). The summed E-state index contributed by atoms with van der Waals surface area (Å²) >= 11 is 0. The fourth-order valence-electron chi connectivity index (χ4n) is 16.2. The maximum Gasteiger partial charge on any atom is 0.317 e. The largest absolute Gasteiger partial charge is 0.432 e. The van der Waals surface area contributed by atoms with Crippen molar-refractivity contribution in [3.8, 4) is 0 Å². The van der Waals surface area contributed by atoms with Crippen LogP contribution in [0.2, 0.25) is 0 Å². The quantitative estimate of drug-likeness (QED) is 0.0683. The fourth-order valence-corrected chi connectivity index (χ4v) is 16.2. The Morgan fingerprint density at radius 3 is 2.00 bits per heavy atom. The number of carbonyl (C=O) groups is 2. The van der Waals surface area contributed by atoms with Gasteiger partial charge in [-0.1, -0.05) is 46.3 Å². The number of methoxy groups -OCH3 is 1. The monoisotopic (exact) mass is 1120 g/mol. The first-order valence-corrected chi connectivity index (χ1v) is 27.9. The van der Waals surface area contributed by atoms with Gasteiger partial charge in [0.1, 0.15) is 79.2 Å². The van der Waals surface area contributed by atoms with E-state index in [0.717, 1.165) is 24.8 Å². The average molecular weight is 1120 g/mol. The van der Waals surface area contributed by atoms with Gasteiger partial charge in [-0.25, -0.2) is 0 Å². The minimum absolute atomic E-state index is 0.0741. The molecule has 446 valence electrons. The first-order chi connectivity index (χ1) is 36.6. The van der Waals surface area contributed by atoms with Crippen molar-refractivity contribution in [3.63, 3.8) is 0 Å². The lowest BCUT2D eigenvalue weighted by Gasteiger charge is -2.71. The first-order valence-electron chi connectivity index (χ1n) is 27.9. The van der Waals surface area contributed by atoms with E-state index in [9.17, 15) is 66.1 Å². The van der Waals surface area contributed by atoms with E-state index in [1.165, 1.54) is 6.92 Å². The highest BCUT2D eigenvalue weighted by Gasteiger charge is 2.72. The molecule has 8 fully saturated rings. The Labute approximate surface area is 454 Å². The Balaban J connectivity index is 1.01. The van der Waals surface area contributed by atoms with Crippen molar-refractivity contribution in [2.75, 3.05) is 33.5 Å². The standard InChI is InChI=1S/C54H87NO23/c1-23-42(76-45-39(66)35(62)26(58)21-71-45)38(65)41(68)46(73-23)77-43-37(64)34(55-33(61)22-72-44-40(67)36(63)28(20-57)75-44)27(19-56)74-47(43)78-48(69)54-16-15-49(2,3)17-25(54)24-9-10-29-50(4)13-12-31(59)53(7,70-8)30(50)11-14-51(29,5)52(24,6)18-32(54)60/h9,23,25-32,34-47,56-60,62-68H,10-22H2,1-8H3,(H,55,61)/t23?,25?,26-,27?,28+,29?,30+,31-,32?,34-,35?,36?,37?,38?,39?,40?,41?,42-,43?,44+,45-,46-,47-,50?,51-,52+,53+,54+/m0/s1. The Kier molecular flexibility index (Phi) is 17.2. The van der Waals surface area contributed by atoms with E-state index in [0.29, 0.717) is 25.7 Å². The van der Waals surface area contributed by atoms with Crippen molar-refractivity contribution in [1.29, 1.82) is 0 Å². The lowest BCUT2D eigenvalue weighted by molar-refractivity contribution is -0.370. The van der Waals surface area contributed by atoms with Gasteiger partial charge in [-0.05, 0) is 111 Å². The molecule has 4 heterocycles. The van der Waals surface area contributed by atoms with Crippen LogP contribution in [0, 0.1) is 44.8 Å². The number of fused-ring (bicyclic) bond motifs is 7. The molecule has 9 aliphatic rings. The molecule has 0 spiro atoms. The summed E-state index contributed by atoms with van der Waals surface area (Å²) in [5.41, 5.74) is -2.69. The van der Waals surface area contributed by atoms with Crippen LogP contribution < -0.4 is 5.32 Å². The molecule has 4 aliphatic heterocycles. The Hall–Kier alpha value is -2.12. The van der Waals surface area contributed by atoms with Crippen molar-refractivity contribution < 1.29 is 113 Å². The third-order valence-electron chi connectivity index (χ3n) is 21.2. The second-order valence-corrected chi connectivity index (χ2v) is 25.8. The molecule has 24 nitrogen and oxygen atoms in total. The van der Waals surface area contributed by atoms with Gasteiger partial charge in [-0.2, -0.15) is 0 Å². The number of rotatable bonds is 13. The van der Waals surface area contributed by atoms with Crippen LogP contribution in [0.5, 0.6) is 0 Å². The van der Waals surface area contributed by atoms with Crippen LogP contribution in [0.1, 0.15) is 106 Å². The molecule has 78 heavy (non-hydrogen) atoms. The van der Waals surface area contributed by atoms with Crippen LogP contribution >= 0.6 is 0 Å². The second kappa shape index (κ2) is 22.1. The van der Waals surface area contributed by atoms with Crippen LogP contribution in [0.3, 0.4) is 0 Å². The molecule has 1 amide bonds. The van der Waals surface area contributed by atoms with E-state index >= 15 is 4.79 Å². The number of aliphatic hydroxyl groups excluding tert-OH is 12. The number of allylic oxidation sites excluding steroid dienone is 2. The summed E-state index contributed by atoms with van der Waals surface area (Å²) < 4.78 is 53.0. The third-order valence-corrected chi connectivity index (χ3v) is 21.2. The Morgan fingerprint density at radius 2 is 1.33 bits per heavy atom. The summed E-state index contributed by atoms with van der Waals surface area (Å²) in [6.45, 7) is 11.8. The van der Waals surface area contributed by atoms with E-state index < -0.39 is 183 Å². The summed E-state index contributed by atoms with van der Waals surface area (Å²) in [6, 6.07) is -1.59. The van der Waals surface area contributed by atoms with E-state index in [2.05, 4.69) is 46.0 Å². The molecular formula is C54H87NO23. The highest BCUT2D eigenvalue weighted by molar-refractivity contribution is 5.80. The number of hydrogen-bond acceptors (Lipinski definition) is 23. The van der Waals surface area contributed by atoms with E-state index in [1.807, 2.05) is 6.92 Å². The molecule has 28 atom stereocenters. The van der Waals surface area contributed by atoms with Crippen molar-refractivity contribution in [1.82, 2.24) is 5.32 Å². The molecule has 0 aromatic heterocycles. The lowest BCUT2D eigenvalue weighted by Crippen LogP contribution is -2.70. The minimum atomic E-state index is -2.01. The van der Waals surface area contributed by atoms with Gasteiger partial charge < -0.3 is 109 Å². The lowest BCUT2D eigenvalue weighted by atomic mass is 9.34. The van der Waals surface area contributed by atoms with Crippen molar-refractivity contribution >= 4 is 11.9 Å². The molecule has 5 aliphatic carbocycles. The molecule has 13 N–H and O–H groups in total. The number of carbonyl (C=O) groups excluding carboxylic acids is 2. The van der Waals surface area contributed by atoms with E-state index in [1.54, 1.807) is 7.11 Å². The summed E-state index contributed by atoms with van der Waals surface area (Å²) in [5.74, 6) is -2.15. The zero-order chi connectivity index (χ0) is 57.0. The smallest absolute Gasteiger partial charge is 0.317 e. The molecular weight excluding hydrogens is 1030 g/mol. The molecule has 0 bridgehead atoms. The van der Waals surface area contributed by atoms with Crippen molar-refractivity contribution in [2.45, 2.75) is 235 Å². The summed E-state index contributed by atoms with van der Waals surface area (Å²) in [4.78, 5) is 29.2. The zero-order valence-corrected chi connectivity index (χ0v) is 45.9. The minimum Gasteiger partial charge on any atom is -0.432 e.